The number of aromatic nitrogens is 5. The molecular formula is C24H21FN6O. The minimum Gasteiger partial charge on any atom is -0.330 e. The smallest absolute Gasteiger partial charge is 0.255 e. The van der Waals surface area contributed by atoms with Gasteiger partial charge in [-0.2, -0.15) is 5.10 Å². The average molecular weight is 428 g/mol. The van der Waals surface area contributed by atoms with Crippen molar-refractivity contribution >= 4 is 5.91 Å². The minimum atomic E-state index is -0.272. The van der Waals surface area contributed by atoms with Crippen LogP contribution in [0.5, 0.6) is 0 Å². The number of hydrogen-bond donors (Lipinski definition) is 0. The molecule has 1 aliphatic rings. The number of pyridine rings is 1. The topological polar surface area (TPSA) is 76.8 Å². The SMILES string of the molecule is O=C(c1ccc(-n2cccn2)nc1)N1CCC[C@@H]1c1cncc(Cc2cccc(F)c2)n1. The van der Waals surface area contributed by atoms with Crippen LogP contribution in [0.4, 0.5) is 4.39 Å². The molecule has 160 valence electrons. The average Bonchev–Trinajstić information content (AvgIpc) is 3.52. The number of likely N-dealkylation sites (tertiary alicyclic amines) is 1. The number of halogens is 1. The second-order valence-electron chi connectivity index (χ2n) is 7.75. The zero-order valence-electron chi connectivity index (χ0n) is 17.3. The molecule has 5 rings (SSSR count). The largest absolute Gasteiger partial charge is 0.330 e. The maximum atomic E-state index is 13.5. The van der Waals surface area contributed by atoms with E-state index in [9.17, 15) is 9.18 Å². The Hall–Kier alpha value is -3.94. The second-order valence-corrected chi connectivity index (χ2v) is 7.75. The predicted octanol–water partition coefficient (Wildman–Crippen LogP) is 3.76. The van der Waals surface area contributed by atoms with Crippen molar-refractivity contribution in [2.75, 3.05) is 6.54 Å². The van der Waals surface area contributed by atoms with E-state index >= 15 is 0 Å². The predicted molar refractivity (Wildman–Crippen MR) is 116 cm³/mol. The van der Waals surface area contributed by atoms with E-state index in [4.69, 9.17) is 4.98 Å². The zero-order valence-corrected chi connectivity index (χ0v) is 17.3. The molecule has 1 amide bonds. The van der Waals surface area contributed by atoms with Crippen molar-refractivity contribution in [1.82, 2.24) is 29.6 Å². The number of hydrogen-bond acceptors (Lipinski definition) is 5. The van der Waals surface area contributed by atoms with Crippen LogP contribution in [0.1, 0.15) is 46.2 Å². The fourth-order valence-corrected chi connectivity index (χ4v) is 4.06. The van der Waals surface area contributed by atoms with Crippen molar-refractivity contribution < 1.29 is 9.18 Å². The molecule has 0 aliphatic carbocycles. The third kappa shape index (κ3) is 4.12. The molecule has 1 saturated heterocycles. The first kappa shape index (κ1) is 20.0. The molecule has 0 bridgehead atoms. The summed E-state index contributed by atoms with van der Waals surface area (Å²) in [5, 5.41) is 4.16. The van der Waals surface area contributed by atoms with Crippen LogP contribution < -0.4 is 0 Å². The molecule has 0 unspecified atom stereocenters. The van der Waals surface area contributed by atoms with E-state index in [2.05, 4.69) is 15.1 Å². The van der Waals surface area contributed by atoms with Crippen molar-refractivity contribution in [3.63, 3.8) is 0 Å². The normalized spacial score (nSPS) is 15.8. The third-order valence-corrected chi connectivity index (χ3v) is 5.57. The molecule has 7 nitrogen and oxygen atoms in total. The van der Waals surface area contributed by atoms with Crippen LogP contribution in [-0.2, 0) is 6.42 Å². The summed E-state index contributed by atoms with van der Waals surface area (Å²) in [4.78, 5) is 28.5. The third-order valence-electron chi connectivity index (χ3n) is 5.57. The fraction of sp³-hybridized carbons (Fsp3) is 0.208. The molecule has 4 heterocycles. The highest BCUT2D eigenvalue weighted by atomic mass is 19.1. The van der Waals surface area contributed by atoms with Gasteiger partial charge in [0.1, 0.15) is 5.82 Å². The summed E-state index contributed by atoms with van der Waals surface area (Å²) < 4.78 is 15.2. The van der Waals surface area contributed by atoms with E-state index in [0.29, 0.717) is 24.3 Å². The Morgan fingerprint density at radius 1 is 1.12 bits per heavy atom. The Bertz CT molecular complexity index is 1230. The van der Waals surface area contributed by atoms with E-state index in [-0.39, 0.29) is 17.8 Å². The molecular weight excluding hydrogens is 407 g/mol. The monoisotopic (exact) mass is 428 g/mol. The van der Waals surface area contributed by atoms with Gasteiger partial charge in [-0.15, -0.1) is 0 Å². The van der Waals surface area contributed by atoms with Gasteiger partial charge in [0.05, 0.1) is 29.2 Å². The van der Waals surface area contributed by atoms with Gasteiger partial charge < -0.3 is 4.90 Å². The van der Waals surface area contributed by atoms with Gasteiger partial charge in [0.15, 0.2) is 5.82 Å². The molecule has 0 radical (unpaired) electrons. The number of carbonyl (C=O) groups is 1. The van der Waals surface area contributed by atoms with Gasteiger partial charge in [-0.1, -0.05) is 12.1 Å². The van der Waals surface area contributed by atoms with Crippen molar-refractivity contribution in [3.8, 4) is 5.82 Å². The van der Waals surface area contributed by atoms with Crippen molar-refractivity contribution in [2.24, 2.45) is 0 Å². The number of rotatable bonds is 5. The van der Waals surface area contributed by atoms with Gasteiger partial charge >= 0.3 is 0 Å². The molecule has 1 atom stereocenters. The Balaban J connectivity index is 1.34. The van der Waals surface area contributed by atoms with Crippen LogP contribution in [0.15, 0.2) is 73.4 Å². The Morgan fingerprint density at radius 3 is 2.84 bits per heavy atom. The summed E-state index contributed by atoms with van der Waals surface area (Å²) >= 11 is 0. The second kappa shape index (κ2) is 8.66. The molecule has 8 heteroatoms. The molecule has 3 aromatic heterocycles. The van der Waals surface area contributed by atoms with Gasteiger partial charge in [-0.3, -0.25) is 14.8 Å². The lowest BCUT2D eigenvalue weighted by molar-refractivity contribution is 0.0732. The molecule has 0 saturated carbocycles. The maximum Gasteiger partial charge on any atom is 0.255 e. The van der Waals surface area contributed by atoms with Crippen LogP contribution in [0.3, 0.4) is 0 Å². The summed E-state index contributed by atoms with van der Waals surface area (Å²) in [6.45, 7) is 0.653. The lowest BCUT2D eigenvalue weighted by atomic mass is 10.1. The molecule has 1 fully saturated rings. The quantitative estimate of drug-likeness (QED) is 0.484. The first-order chi connectivity index (χ1) is 15.7. The van der Waals surface area contributed by atoms with Gasteiger partial charge in [-0.05, 0) is 48.7 Å². The summed E-state index contributed by atoms with van der Waals surface area (Å²) in [6.07, 6.45) is 10.7. The minimum absolute atomic E-state index is 0.0793. The highest BCUT2D eigenvalue weighted by molar-refractivity contribution is 5.94. The zero-order chi connectivity index (χ0) is 21.9. The van der Waals surface area contributed by atoms with Gasteiger partial charge in [0.25, 0.3) is 5.91 Å². The van der Waals surface area contributed by atoms with Crippen LogP contribution in [0.2, 0.25) is 0 Å². The molecule has 1 aromatic carbocycles. The Kier molecular flexibility index (Phi) is 5.41. The standard InChI is InChI=1S/C24H21FN6O/c25-19-5-1-4-17(12-19)13-20-15-26-16-21(29-20)22-6-2-10-30(22)24(32)18-7-8-23(27-14-18)31-11-3-9-28-31/h1,3-5,7-9,11-12,14-16,22H,2,6,10,13H2/t22-/m1/s1. The van der Waals surface area contributed by atoms with Crippen LogP contribution in [0.25, 0.3) is 5.82 Å². The molecule has 4 aromatic rings. The number of amides is 1. The van der Waals surface area contributed by atoms with Gasteiger partial charge in [0, 0.05) is 37.8 Å². The summed E-state index contributed by atoms with van der Waals surface area (Å²) in [7, 11) is 0. The number of carbonyl (C=O) groups excluding carboxylic acids is 1. The van der Waals surface area contributed by atoms with Crippen LogP contribution in [-0.4, -0.2) is 42.1 Å². The highest BCUT2D eigenvalue weighted by Crippen LogP contribution is 2.32. The van der Waals surface area contributed by atoms with Crippen molar-refractivity contribution in [3.05, 3.63) is 102 Å². The van der Waals surface area contributed by atoms with Crippen molar-refractivity contribution in [1.29, 1.82) is 0 Å². The van der Waals surface area contributed by atoms with E-state index < -0.39 is 0 Å². The van der Waals surface area contributed by atoms with E-state index in [1.807, 2.05) is 17.0 Å². The number of benzene rings is 1. The van der Waals surface area contributed by atoms with Gasteiger partial charge in [0.2, 0.25) is 0 Å². The van der Waals surface area contributed by atoms with Crippen LogP contribution in [0, 0.1) is 5.82 Å². The molecule has 32 heavy (non-hydrogen) atoms. The maximum absolute atomic E-state index is 13.5. The molecule has 0 N–H and O–H groups in total. The summed E-state index contributed by atoms with van der Waals surface area (Å²) in [5.41, 5.74) is 2.86. The van der Waals surface area contributed by atoms with E-state index in [0.717, 1.165) is 29.8 Å². The molecule has 1 aliphatic heterocycles. The Labute approximate surface area is 184 Å². The van der Waals surface area contributed by atoms with E-state index in [1.165, 1.54) is 12.1 Å². The highest BCUT2D eigenvalue weighted by Gasteiger charge is 2.32. The Morgan fingerprint density at radius 2 is 2.06 bits per heavy atom. The lowest BCUT2D eigenvalue weighted by Crippen LogP contribution is -2.31. The first-order valence-corrected chi connectivity index (χ1v) is 10.5. The van der Waals surface area contributed by atoms with Gasteiger partial charge in [-0.25, -0.2) is 14.1 Å². The van der Waals surface area contributed by atoms with Crippen LogP contribution >= 0.6 is 0 Å². The first-order valence-electron chi connectivity index (χ1n) is 10.5. The summed E-state index contributed by atoms with van der Waals surface area (Å²) in [6, 6.07) is 11.7. The lowest BCUT2D eigenvalue weighted by Gasteiger charge is -2.24. The number of nitrogens with zero attached hydrogens (tertiary/aromatic N) is 6. The van der Waals surface area contributed by atoms with Crippen molar-refractivity contribution in [2.45, 2.75) is 25.3 Å². The van der Waals surface area contributed by atoms with E-state index in [1.54, 1.807) is 53.9 Å². The molecule has 0 spiro atoms. The fourth-order valence-electron chi connectivity index (χ4n) is 4.06. The summed E-state index contributed by atoms with van der Waals surface area (Å²) in [5.74, 6) is 0.302.